The first kappa shape index (κ1) is 37.7. The molecule has 0 saturated heterocycles. The molecule has 6 aromatic carbocycles. The van der Waals surface area contributed by atoms with Crippen molar-refractivity contribution in [1.82, 2.24) is 14.5 Å². The topological polar surface area (TPSA) is 50.9 Å². The lowest BCUT2D eigenvalue weighted by Crippen LogP contribution is -2.11. The third-order valence-electron chi connectivity index (χ3n) is 11.9. The molecule has 61 heavy (non-hydrogen) atoms. The van der Waals surface area contributed by atoms with Crippen molar-refractivity contribution in [1.29, 1.82) is 0 Å². The molecular weight excluding hydrogens is 743 g/mol. The van der Waals surface area contributed by atoms with Gasteiger partial charge < -0.3 is 5.11 Å². The second-order valence-corrected chi connectivity index (χ2v) is 19.8. The van der Waals surface area contributed by atoms with Crippen molar-refractivity contribution in [3.05, 3.63) is 167 Å². The summed E-state index contributed by atoms with van der Waals surface area (Å²) in [5.74, 6) is 0.704. The van der Waals surface area contributed by atoms with Gasteiger partial charge in [0, 0.05) is 27.0 Å². The highest BCUT2D eigenvalue weighted by molar-refractivity contribution is 5.98. The zero-order valence-electron chi connectivity index (χ0n) is 40.5. The summed E-state index contributed by atoms with van der Waals surface area (Å²) in [7, 11) is 0. The number of hydrogen-bond donors (Lipinski definition) is 1. The second kappa shape index (κ2) is 15.3. The van der Waals surface area contributed by atoms with Crippen LogP contribution in [0.3, 0.4) is 0 Å². The van der Waals surface area contributed by atoms with E-state index in [-0.39, 0.29) is 27.6 Å². The number of benzene rings is 6. The van der Waals surface area contributed by atoms with E-state index >= 15 is 0 Å². The first-order valence-electron chi connectivity index (χ1n) is 22.8. The second-order valence-electron chi connectivity index (χ2n) is 19.8. The van der Waals surface area contributed by atoms with E-state index in [2.05, 4.69) is 164 Å². The minimum absolute atomic E-state index is 0.0615. The van der Waals surface area contributed by atoms with Crippen LogP contribution in [0.1, 0.15) is 99.8 Å². The minimum Gasteiger partial charge on any atom is -0.507 e. The smallest absolute Gasteiger partial charge is 0.149 e. The summed E-state index contributed by atoms with van der Waals surface area (Å²) in [5.41, 5.74) is 16.0. The SMILES string of the molecule is [2H]C([2H])([2H])c1ccc(-n2c(-c3cc(C)cc(C)c3O)nc3c(-c4cc(-c5cc(-c6ccc(C(C)(C)C)cc6)ccn5)cc(C(C)(C)C)c4)cccc32)c(-c2ccc(C(C)(C)C)cc2)c1. The average Bonchev–Trinajstić information content (AvgIpc) is 3.63. The Bertz CT molecular complexity index is 3040. The quantitative estimate of drug-likeness (QED) is 0.182. The predicted molar refractivity (Wildman–Crippen MR) is 258 cm³/mol. The number of aromatic hydroxyl groups is 1. The van der Waals surface area contributed by atoms with Crippen molar-refractivity contribution in [3.8, 4) is 67.5 Å². The Morgan fingerprint density at radius 2 is 1.15 bits per heavy atom. The molecular formula is C57H59N3O. The summed E-state index contributed by atoms with van der Waals surface area (Å²) in [6.07, 6.45) is 1.89. The van der Waals surface area contributed by atoms with Gasteiger partial charge in [-0.3, -0.25) is 9.55 Å². The molecule has 8 aromatic rings. The molecule has 4 heteroatoms. The molecule has 0 fully saturated rings. The van der Waals surface area contributed by atoms with Gasteiger partial charge in [0.05, 0.1) is 28.0 Å². The van der Waals surface area contributed by atoms with Crippen molar-refractivity contribution in [2.24, 2.45) is 0 Å². The number of imidazole rings is 1. The van der Waals surface area contributed by atoms with Crippen LogP contribution in [-0.4, -0.2) is 19.6 Å². The van der Waals surface area contributed by atoms with E-state index < -0.39 is 6.85 Å². The highest BCUT2D eigenvalue weighted by Gasteiger charge is 2.25. The lowest BCUT2D eigenvalue weighted by Gasteiger charge is -2.22. The monoisotopic (exact) mass is 804 g/mol. The molecule has 0 aliphatic carbocycles. The number of aromatic nitrogens is 3. The fourth-order valence-electron chi connectivity index (χ4n) is 8.29. The maximum atomic E-state index is 11.8. The Kier molecular flexibility index (Phi) is 9.48. The molecule has 4 nitrogen and oxygen atoms in total. The summed E-state index contributed by atoms with van der Waals surface area (Å²) in [6, 6.07) is 43.7. The van der Waals surface area contributed by atoms with E-state index in [9.17, 15) is 5.11 Å². The Morgan fingerprint density at radius 3 is 1.79 bits per heavy atom. The molecule has 2 heterocycles. The number of fused-ring (bicyclic) bond motifs is 1. The molecule has 0 bridgehead atoms. The third-order valence-corrected chi connectivity index (χ3v) is 11.9. The highest BCUT2D eigenvalue weighted by Crippen LogP contribution is 2.43. The van der Waals surface area contributed by atoms with Crippen LogP contribution in [0.5, 0.6) is 5.75 Å². The lowest BCUT2D eigenvalue weighted by molar-refractivity contribution is 0.472. The van der Waals surface area contributed by atoms with E-state index in [1.54, 1.807) is 12.1 Å². The molecule has 0 spiro atoms. The number of phenols is 1. The fraction of sp³-hybridized carbons (Fsp3) is 0.263. The molecule has 0 aliphatic rings. The zero-order chi connectivity index (χ0) is 46.1. The predicted octanol–water partition coefficient (Wildman–Crippen LogP) is 15.3. The third kappa shape index (κ3) is 8.16. The molecule has 8 rings (SSSR count). The van der Waals surface area contributed by atoms with Gasteiger partial charge in [0.15, 0.2) is 0 Å². The van der Waals surface area contributed by atoms with Crippen LogP contribution in [0, 0.1) is 20.7 Å². The van der Waals surface area contributed by atoms with Crippen LogP contribution in [0.4, 0.5) is 0 Å². The van der Waals surface area contributed by atoms with Gasteiger partial charge in [-0.1, -0.05) is 147 Å². The Hall–Kier alpha value is -6.26. The van der Waals surface area contributed by atoms with Crippen molar-refractivity contribution < 1.29 is 9.22 Å². The van der Waals surface area contributed by atoms with Crippen LogP contribution in [0.25, 0.3) is 72.7 Å². The number of para-hydroxylation sites is 1. The summed E-state index contributed by atoms with van der Waals surface area (Å²) >= 11 is 0. The highest BCUT2D eigenvalue weighted by atomic mass is 16.3. The molecule has 0 unspecified atom stereocenters. The van der Waals surface area contributed by atoms with Crippen molar-refractivity contribution >= 4 is 11.0 Å². The molecule has 0 amide bonds. The summed E-state index contributed by atoms with van der Waals surface area (Å²) in [4.78, 5) is 10.4. The first-order valence-corrected chi connectivity index (χ1v) is 21.3. The van der Waals surface area contributed by atoms with Gasteiger partial charge in [0.1, 0.15) is 11.6 Å². The standard InChI is InChI=1S/C57H59N3O/c1-35-16-25-50(47(29-35)39-19-23-44(24-20-39)56(7,8)9)60-51-15-13-14-46(52(51)59-54(60)48-30-36(2)28-37(3)53(48)61)41-31-42(33-45(32-41)57(10,11)12)49-34-40(26-27-58-49)38-17-21-43(22-18-38)55(4,5)6/h13-34,61H,1-12H3/i1D3. The Labute approximate surface area is 367 Å². The summed E-state index contributed by atoms with van der Waals surface area (Å²) < 4.78 is 27.3. The van der Waals surface area contributed by atoms with Crippen molar-refractivity contribution in [3.63, 3.8) is 0 Å². The van der Waals surface area contributed by atoms with Gasteiger partial charge in [-0.05, 0) is 136 Å². The van der Waals surface area contributed by atoms with E-state index in [0.29, 0.717) is 11.4 Å². The van der Waals surface area contributed by atoms with E-state index in [1.807, 2.05) is 38.2 Å². The number of aryl methyl sites for hydroxylation is 3. The summed E-state index contributed by atoms with van der Waals surface area (Å²) in [6.45, 7) is 21.5. The van der Waals surface area contributed by atoms with Crippen molar-refractivity contribution in [2.75, 3.05) is 0 Å². The molecule has 2 aromatic heterocycles. The largest absolute Gasteiger partial charge is 0.507 e. The van der Waals surface area contributed by atoms with Crippen LogP contribution in [0.2, 0.25) is 0 Å². The average molecular weight is 805 g/mol. The number of nitrogens with zero attached hydrogens (tertiary/aromatic N) is 3. The molecule has 308 valence electrons. The van der Waals surface area contributed by atoms with Crippen LogP contribution < -0.4 is 0 Å². The van der Waals surface area contributed by atoms with Crippen molar-refractivity contribution in [2.45, 2.75) is 99.3 Å². The number of rotatable bonds is 6. The zero-order valence-corrected chi connectivity index (χ0v) is 37.5. The Morgan fingerprint density at radius 1 is 0.525 bits per heavy atom. The number of phenolic OH excluding ortho intramolecular Hbond substituents is 1. The van der Waals surface area contributed by atoms with Gasteiger partial charge in [-0.15, -0.1) is 0 Å². The van der Waals surface area contributed by atoms with Gasteiger partial charge in [0.25, 0.3) is 0 Å². The molecule has 1 N–H and O–H groups in total. The van der Waals surface area contributed by atoms with Gasteiger partial charge in [0.2, 0.25) is 0 Å². The number of pyridine rings is 1. The molecule has 0 aliphatic heterocycles. The van der Waals surface area contributed by atoms with Crippen LogP contribution >= 0.6 is 0 Å². The maximum Gasteiger partial charge on any atom is 0.149 e. The Balaban J connectivity index is 1.38. The van der Waals surface area contributed by atoms with Gasteiger partial charge in [-0.25, -0.2) is 4.98 Å². The fourth-order valence-corrected chi connectivity index (χ4v) is 8.29. The lowest BCUT2D eigenvalue weighted by atomic mass is 9.83. The van der Waals surface area contributed by atoms with Gasteiger partial charge >= 0.3 is 0 Å². The normalized spacial score (nSPS) is 13.3. The summed E-state index contributed by atoms with van der Waals surface area (Å²) in [5, 5.41) is 11.8. The van der Waals surface area contributed by atoms with E-state index in [0.717, 1.165) is 78.0 Å². The minimum atomic E-state index is -2.32. The van der Waals surface area contributed by atoms with Gasteiger partial charge in [-0.2, -0.15) is 0 Å². The maximum absolute atomic E-state index is 11.8. The molecule has 0 saturated carbocycles. The molecule has 0 atom stereocenters. The molecule has 0 radical (unpaired) electrons. The van der Waals surface area contributed by atoms with E-state index in [4.69, 9.17) is 14.1 Å². The first-order chi connectivity index (χ1) is 30.0. The number of hydrogen-bond acceptors (Lipinski definition) is 3. The van der Waals surface area contributed by atoms with Crippen LogP contribution in [-0.2, 0) is 16.2 Å². The van der Waals surface area contributed by atoms with Crippen LogP contribution in [0.15, 0.2) is 134 Å². The van der Waals surface area contributed by atoms with E-state index in [1.165, 1.54) is 11.1 Å².